The van der Waals surface area contributed by atoms with Crippen molar-refractivity contribution in [2.75, 3.05) is 14.2 Å². The zero-order valence-electron chi connectivity index (χ0n) is 12.7. The first-order chi connectivity index (χ1) is 11.1. The molecule has 23 heavy (non-hydrogen) atoms. The summed E-state index contributed by atoms with van der Waals surface area (Å²) in [6, 6.07) is 11.7. The lowest BCUT2D eigenvalue weighted by Gasteiger charge is -2.10. The summed E-state index contributed by atoms with van der Waals surface area (Å²) in [7, 11) is 2.87. The van der Waals surface area contributed by atoms with Gasteiger partial charge < -0.3 is 14.6 Å². The third-order valence-corrected chi connectivity index (χ3v) is 3.22. The van der Waals surface area contributed by atoms with Gasteiger partial charge in [0.1, 0.15) is 22.8 Å². The molecule has 0 fully saturated rings. The fourth-order valence-electron chi connectivity index (χ4n) is 2.03. The lowest BCUT2D eigenvalue weighted by atomic mass is 10.1. The summed E-state index contributed by atoms with van der Waals surface area (Å²) < 4.78 is 10.2. The molecule has 0 aromatic heterocycles. The standard InChI is InChI=1S/C18H15NO4/c1-22-14-9-16(21)18(17(10-14)23-2)15(20)8-7-12-3-5-13(11-19)6-4-12/h3-10,21H,1-2H3/b8-7+. The van der Waals surface area contributed by atoms with Gasteiger partial charge in [0, 0.05) is 12.1 Å². The monoisotopic (exact) mass is 309 g/mol. The molecular formula is C18H15NO4. The molecule has 0 atom stereocenters. The van der Waals surface area contributed by atoms with E-state index in [1.54, 1.807) is 30.3 Å². The van der Waals surface area contributed by atoms with E-state index in [9.17, 15) is 9.90 Å². The normalized spacial score (nSPS) is 10.3. The van der Waals surface area contributed by atoms with Gasteiger partial charge in [-0.15, -0.1) is 0 Å². The lowest BCUT2D eigenvalue weighted by molar-refractivity contribution is 0.104. The smallest absolute Gasteiger partial charge is 0.193 e. The Morgan fingerprint density at radius 2 is 1.87 bits per heavy atom. The molecule has 0 radical (unpaired) electrons. The molecule has 0 saturated heterocycles. The molecule has 0 aliphatic heterocycles. The number of nitrogens with zero attached hydrogens (tertiary/aromatic N) is 1. The maximum absolute atomic E-state index is 12.3. The number of hydrogen-bond donors (Lipinski definition) is 1. The van der Waals surface area contributed by atoms with Crippen molar-refractivity contribution < 1.29 is 19.4 Å². The number of nitriles is 1. The second kappa shape index (κ2) is 7.14. The predicted octanol–water partition coefficient (Wildman–Crippen LogP) is 3.18. The molecule has 0 amide bonds. The van der Waals surface area contributed by atoms with E-state index >= 15 is 0 Å². The Bertz CT molecular complexity index is 786. The van der Waals surface area contributed by atoms with Crippen LogP contribution in [-0.2, 0) is 0 Å². The van der Waals surface area contributed by atoms with E-state index in [2.05, 4.69) is 0 Å². The van der Waals surface area contributed by atoms with Gasteiger partial charge in [0.25, 0.3) is 0 Å². The molecule has 0 aliphatic rings. The minimum absolute atomic E-state index is 0.0678. The van der Waals surface area contributed by atoms with Crippen molar-refractivity contribution in [2.24, 2.45) is 0 Å². The number of phenols is 1. The van der Waals surface area contributed by atoms with Crippen LogP contribution < -0.4 is 9.47 Å². The molecule has 2 rings (SSSR count). The lowest BCUT2D eigenvalue weighted by Crippen LogP contribution is -2.00. The number of methoxy groups -OCH3 is 2. The van der Waals surface area contributed by atoms with E-state index in [-0.39, 0.29) is 17.1 Å². The van der Waals surface area contributed by atoms with E-state index < -0.39 is 5.78 Å². The first kappa shape index (κ1) is 16.1. The van der Waals surface area contributed by atoms with Crippen molar-refractivity contribution in [3.8, 4) is 23.3 Å². The van der Waals surface area contributed by atoms with Gasteiger partial charge in [0.2, 0.25) is 0 Å². The summed E-state index contributed by atoms with van der Waals surface area (Å²) in [6.07, 6.45) is 2.94. The molecule has 0 saturated carbocycles. The molecule has 2 aromatic carbocycles. The Morgan fingerprint density at radius 3 is 2.43 bits per heavy atom. The van der Waals surface area contributed by atoms with E-state index in [0.29, 0.717) is 11.3 Å². The van der Waals surface area contributed by atoms with Crippen LogP contribution in [-0.4, -0.2) is 25.1 Å². The van der Waals surface area contributed by atoms with Gasteiger partial charge in [-0.3, -0.25) is 4.79 Å². The SMILES string of the molecule is COc1cc(O)c(C(=O)/C=C/c2ccc(C#N)cc2)c(OC)c1. The highest BCUT2D eigenvalue weighted by Crippen LogP contribution is 2.33. The van der Waals surface area contributed by atoms with Crippen LogP contribution in [0.3, 0.4) is 0 Å². The zero-order chi connectivity index (χ0) is 16.8. The second-order valence-corrected chi connectivity index (χ2v) is 4.66. The molecule has 0 aliphatic carbocycles. The van der Waals surface area contributed by atoms with E-state index in [0.717, 1.165) is 5.56 Å². The maximum atomic E-state index is 12.3. The van der Waals surface area contributed by atoms with Crippen LogP contribution in [0.4, 0.5) is 0 Å². The topological polar surface area (TPSA) is 79.5 Å². The molecular weight excluding hydrogens is 294 g/mol. The maximum Gasteiger partial charge on any atom is 0.193 e. The fraction of sp³-hybridized carbons (Fsp3) is 0.111. The van der Waals surface area contributed by atoms with Crippen LogP contribution >= 0.6 is 0 Å². The number of hydrogen-bond acceptors (Lipinski definition) is 5. The average molecular weight is 309 g/mol. The Balaban J connectivity index is 2.29. The van der Waals surface area contributed by atoms with E-state index in [4.69, 9.17) is 14.7 Å². The van der Waals surface area contributed by atoms with Crippen LogP contribution in [0.15, 0.2) is 42.5 Å². The number of carbonyl (C=O) groups is 1. The van der Waals surface area contributed by atoms with E-state index in [1.807, 2.05) is 6.07 Å². The van der Waals surface area contributed by atoms with Crippen molar-refractivity contribution in [1.29, 1.82) is 5.26 Å². The Morgan fingerprint density at radius 1 is 1.17 bits per heavy atom. The summed E-state index contributed by atoms with van der Waals surface area (Å²) in [5.41, 5.74) is 1.38. The predicted molar refractivity (Wildman–Crippen MR) is 85.7 cm³/mol. The number of rotatable bonds is 5. The Kier molecular flexibility index (Phi) is 5.00. The number of aromatic hydroxyl groups is 1. The van der Waals surface area contributed by atoms with Crippen molar-refractivity contribution >= 4 is 11.9 Å². The van der Waals surface area contributed by atoms with Gasteiger partial charge in [0.05, 0.1) is 25.9 Å². The van der Waals surface area contributed by atoms with E-state index in [1.165, 1.54) is 32.4 Å². The molecule has 1 N–H and O–H groups in total. The summed E-state index contributed by atoms with van der Waals surface area (Å²) in [4.78, 5) is 12.3. The highest BCUT2D eigenvalue weighted by Gasteiger charge is 2.17. The van der Waals surface area contributed by atoms with Gasteiger partial charge in [-0.05, 0) is 23.8 Å². The quantitative estimate of drug-likeness (QED) is 0.678. The summed E-state index contributed by atoms with van der Waals surface area (Å²) in [5, 5.41) is 18.8. The highest BCUT2D eigenvalue weighted by atomic mass is 16.5. The van der Waals surface area contributed by atoms with Crippen molar-refractivity contribution in [3.05, 3.63) is 59.2 Å². The fourth-order valence-corrected chi connectivity index (χ4v) is 2.03. The van der Waals surface area contributed by atoms with Crippen LogP contribution in [0.2, 0.25) is 0 Å². The summed E-state index contributed by atoms with van der Waals surface area (Å²) >= 11 is 0. The molecule has 116 valence electrons. The van der Waals surface area contributed by atoms with Crippen molar-refractivity contribution in [2.45, 2.75) is 0 Å². The molecule has 5 nitrogen and oxygen atoms in total. The molecule has 0 heterocycles. The number of ether oxygens (including phenoxy) is 2. The largest absolute Gasteiger partial charge is 0.507 e. The number of carbonyl (C=O) groups excluding carboxylic acids is 1. The molecule has 2 aromatic rings. The van der Waals surface area contributed by atoms with Crippen LogP contribution in [0, 0.1) is 11.3 Å². The molecule has 5 heteroatoms. The van der Waals surface area contributed by atoms with Crippen LogP contribution in [0.1, 0.15) is 21.5 Å². The number of ketones is 1. The number of allylic oxidation sites excluding steroid dienone is 1. The van der Waals surface area contributed by atoms with Crippen molar-refractivity contribution in [1.82, 2.24) is 0 Å². The number of phenolic OH excluding ortho intramolecular Hbond substituents is 1. The van der Waals surface area contributed by atoms with Gasteiger partial charge >= 0.3 is 0 Å². The first-order valence-corrected chi connectivity index (χ1v) is 6.76. The van der Waals surface area contributed by atoms with Gasteiger partial charge in [-0.25, -0.2) is 0 Å². The Labute approximate surface area is 134 Å². The van der Waals surface area contributed by atoms with Gasteiger partial charge in [-0.1, -0.05) is 18.2 Å². The Hall–Kier alpha value is -3.26. The molecule has 0 spiro atoms. The van der Waals surface area contributed by atoms with Gasteiger partial charge in [-0.2, -0.15) is 5.26 Å². The van der Waals surface area contributed by atoms with Crippen LogP contribution in [0.25, 0.3) is 6.08 Å². The minimum Gasteiger partial charge on any atom is -0.507 e. The van der Waals surface area contributed by atoms with Crippen molar-refractivity contribution in [3.63, 3.8) is 0 Å². The first-order valence-electron chi connectivity index (χ1n) is 6.76. The van der Waals surface area contributed by atoms with Gasteiger partial charge in [0.15, 0.2) is 5.78 Å². The molecule has 0 unspecified atom stereocenters. The minimum atomic E-state index is -0.397. The highest BCUT2D eigenvalue weighted by molar-refractivity contribution is 6.10. The summed E-state index contributed by atoms with van der Waals surface area (Å²) in [5.74, 6) is 0.0188. The third-order valence-electron chi connectivity index (χ3n) is 3.22. The second-order valence-electron chi connectivity index (χ2n) is 4.66. The summed E-state index contributed by atoms with van der Waals surface area (Å²) in [6.45, 7) is 0. The molecule has 0 bridgehead atoms. The third kappa shape index (κ3) is 3.69. The average Bonchev–Trinajstić information content (AvgIpc) is 2.59. The zero-order valence-corrected chi connectivity index (χ0v) is 12.7. The number of benzene rings is 2. The van der Waals surface area contributed by atoms with Crippen LogP contribution in [0.5, 0.6) is 17.2 Å².